The topological polar surface area (TPSA) is 46.2 Å². The van der Waals surface area contributed by atoms with Crippen molar-refractivity contribution < 1.29 is 8.42 Å². The second-order valence-corrected chi connectivity index (χ2v) is 6.89. The van der Waals surface area contributed by atoms with Crippen molar-refractivity contribution in [2.24, 2.45) is 0 Å². The third-order valence-corrected chi connectivity index (χ3v) is 5.02. The van der Waals surface area contributed by atoms with Crippen molar-refractivity contribution in [3.63, 3.8) is 0 Å². The quantitative estimate of drug-likeness (QED) is 0.885. The van der Waals surface area contributed by atoms with Gasteiger partial charge < -0.3 is 5.32 Å². The van der Waals surface area contributed by atoms with Gasteiger partial charge in [-0.15, -0.1) is 0 Å². The minimum Gasteiger partial charge on any atom is -0.309 e. The summed E-state index contributed by atoms with van der Waals surface area (Å²) in [4.78, 5) is 0. The summed E-state index contributed by atoms with van der Waals surface area (Å²) in [5, 5.41) is 3.43. The Kier molecular flexibility index (Phi) is 3.84. The van der Waals surface area contributed by atoms with Gasteiger partial charge in [-0.05, 0) is 18.4 Å². The maximum absolute atomic E-state index is 11.8. The highest BCUT2D eigenvalue weighted by Gasteiger charge is 2.29. The van der Waals surface area contributed by atoms with Gasteiger partial charge in [0.1, 0.15) is 0 Å². The lowest BCUT2D eigenvalue weighted by Gasteiger charge is -2.30. The zero-order valence-electron chi connectivity index (χ0n) is 10.1. The number of sulfone groups is 1. The van der Waals surface area contributed by atoms with E-state index >= 15 is 0 Å². The van der Waals surface area contributed by atoms with Gasteiger partial charge in [0.2, 0.25) is 0 Å². The lowest BCUT2D eigenvalue weighted by molar-refractivity contribution is 0.429. The third-order valence-electron chi connectivity index (χ3n) is 3.20. The average Bonchev–Trinajstić information content (AvgIpc) is 2.28. The summed E-state index contributed by atoms with van der Waals surface area (Å²) in [5.41, 5.74) is 1.19. The highest BCUT2D eigenvalue weighted by molar-refractivity contribution is 7.91. The minimum absolute atomic E-state index is 0.0566. The van der Waals surface area contributed by atoms with Crippen LogP contribution in [0.25, 0.3) is 0 Å². The van der Waals surface area contributed by atoms with Crippen molar-refractivity contribution in [2.75, 3.05) is 11.5 Å². The Balaban J connectivity index is 2.06. The number of hydrogen-bond donors (Lipinski definition) is 1. The Morgan fingerprint density at radius 2 is 1.82 bits per heavy atom. The molecule has 1 aliphatic heterocycles. The van der Waals surface area contributed by atoms with E-state index in [0.717, 1.165) is 12.8 Å². The summed E-state index contributed by atoms with van der Waals surface area (Å²) in [7, 11) is -2.88. The molecule has 0 aliphatic carbocycles. The molecule has 1 fully saturated rings. The highest BCUT2D eigenvalue weighted by atomic mass is 32.2. The molecule has 0 aromatic heterocycles. The van der Waals surface area contributed by atoms with Crippen molar-refractivity contribution >= 4 is 9.84 Å². The number of hydrogen-bond acceptors (Lipinski definition) is 3. The molecule has 94 valence electrons. The summed E-state index contributed by atoms with van der Waals surface area (Å²) in [6, 6.07) is 10.2. The Hall–Kier alpha value is -0.870. The van der Waals surface area contributed by atoms with E-state index in [1.807, 2.05) is 37.3 Å². The molecule has 1 aromatic carbocycles. The summed E-state index contributed by atoms with van der Waals surface area (Å²) in [5.74, 6) is 0.549. The molecule has 17 heavy (non-hydrogen) atoms. The first kappa shape index (κ1) is 12.6. The van der Waals surface area contributed by atoms with Crippen molar-refractivity contribution in [3.8, 4) is 0 Å². The standard InChI is InChI=1S/C13H19NO2S/c1-2-12-9-17(15,16)10-13(14-12)8-11-6-4-3-5-7-11/h3-7,12-14H,2,8-10H2,1H3. The van der Waals surface area contributed by atoms with Gasteiger partial charge in [-0.1, -0.05) is 37.3 Å². The van der Waals surface area contributed by atoms with Gasteiger partial charge in [0.05, 0.1) is 11.5 Å². The molecule has 1 aromatic rings. The van der Waals surface area contributed by atoms with Crippen LogP contribution in [0.5, 0.6) is 0 Å². The first-order valence-electron chi connectivity index (χ1n) is 6.09. The molecule has 4 heteroatoms. The van der Waals surface area contributed by atoms with E-state index in [0.29, 0.717) is 0 Å². The van der Waals surface area contributed by atoms with Gasteiger partial charge in [0.25, 0.3) is 0 Å². The van der Waals surface area contributed by atoms with Crippen molar-refractivity contribution in [1.29, 1.82) is 0 Å². The summed E-state index contributed by atoms with van der Waals surface area (Å²) >= 11 is 0. The van der Waals surface area contributed by atoms with Crippen LogP contribution in [0, 0.1) is 0 Å². The Morgan fingerprint density at radius 3 is 2.47 bits per heavy atom. The predicted octanol–water partition coefficient (Wildman–Crippen LogP) is 1.39. The van der Waals surface area contributed by atoms with E-state index in [4.69, 9.17) is 0 Å². The zero-order chi connectivity index (χ0) is 12.3. The SMILES string of the molecule is CCC1CS(=O)(=O)CC(Cc2ccccc2)N1. The number of benzene rings is 1. The molecule has 0 spiro atoms. The van der Waals surface area contributed by atoms with Crippen LogP contribution in [0.2, 0.25) is 0 Å². The van der Waals surface area contributed by atoms with E-state index in [-0.39, 0.29) is 23.6 Å². The monoisotopic (exact) mass is 253 g/mol. The van der Waals surface area contributed by atoms with Crippen LogP contribution in [-0.4, -0.2) is 32.0 Å². The zero-order valence-corrected chi connectivity index (χ0v) is 10.9. The molecule has 0 amide bonds. The molecule has 2 rings (SSSR count). The van der Waals surface area contributed by atoms with Crippen LogP contribution in [0.1, 0.15) is 18.9 Å². The molecule has 3 nitrogen and oxygen atoms in total. The molecule has 0 radical (unpaired) electrons. The number of nitrogens with one attached hydrogen (secondary N) is 1. The fourth-order valence-electron chi connectivity index (χ4n) is 2.36. The third kappa shape index (κ3) is 3.54. The number of rotatable bonds is 3. The fourth-order valence-corrected chi connectivity index (χ4v) is 4.27. The fraction of sp³-hybridized carbons (Fsp3) is 0.538. The Bertz CT molecular complexity index is 456. The van der Waals surface area contributed by atoms with Gasteiger partial charge >= 0.3 is 0 Å². The molecule has 1 N–H and O–H groups in total. The smallest absolute Gasteiger partial charge is 0.153 e. The maximum atomic E-state index is 11.8. The molecule has 2 unspecified atom stereocenters. The van der Waals surface area contributed by atoms with E-state index in [2.05, 4.69) is 5.32 Å². The average molecular weight is 253 g/mol. The second-order valence-electron chi connectivity index (χ2n) is 4.74. The van der Waals surface area contributed by atoms with Crippen LogP contribution in [0.3, 0.4) is 0 Å². The van der Waals surface area contributed by atoms with Crippen LogP contribution in [-0.2, 0) is 16.3 Å². The van der Waals surface area contributed by atoms with Crippen LogP contribution in [0.15, 0.2) is 30.3 Å². The van der Waals surface area contributed by atoms with E-state index in [9.17, 15) is 8.42 Å². The molecular formula is C13H19NO2S. The van der Waals surface area contributed by atoms with Crippen molar-refractivity contribution in [3.05, 3.63) is 35.9 Å². The van der Waals surface area contributed by atoms with Gasteiger partial charge in [-0.25, -0.2) is 8.42 Å². The normalized spacial score (nSPS) is 27.8. The molecule has 0 saturated carbocycles. The minimum atomic E-state index is -2.88. The van der Waals surface area contributed by atoms with Gasteiger partial charge in [0, 0.05) is 12.1 Å². The Morgan fingerprint density at radius 1 is 1.18 bits per heavy atom. The summed E-state index contributed by atoms with van der Waals surface area (Å²) in [6.07, 6.45) is 1.65. The molecule has 1 aliphatic rings. The van der Waals surface area contributed by atoms with Crippen LogP contribution in [0.4, 0.5) is 0 Å². The molecule has 1 saturated heterocycles. The van der Waals surface area contributed by atoms with Crippen LogP contribution >= 0.6 is 0 Å². The van der Waals surface area contributed by atoms with Gasteiger partial charge in [-0.2, -0.15) is 0 Å². The Labute approximate surface area is 103 Å². The van der Waals surface area contributed by atoms with Crippen molar-refractivity contribution in [2.45, 2.75) is 31.8 Å². The highest BCUT2D eigenvalue weighted by Crippen LogP contribution is 2.13. The predicted molar refractivity (Wildman–Crippen MR) is 69.8 cm³/mol. The largest absolute Gasteiger partial charge is 0.309 e. The first-order valence-corrected chi connectivity index (χ1v) is 7.91. The molecule has 1 heterocycles. The van der Waals surface area contributed by atoms with Gasteiger partial charge in [0.15, 0.2) is 9.84 Å². The first-order chi connectivity index (χ1) is 8.09. The molecular weight excluding hydrogens is 234 g/mol. The van der Waals surface area contributed by atoms with E-state index < -0.39 is 9.84 Å². The maximum Gasteiger partial charge on any atom is 0.153 e. The molecule has 2 atom stereocenters. The molecule has 0 bridgehead atoms. The van der Waals surface area contributed by atoms with E-state index in [1.54, 1.807) is 0 Å². The lowest BCUT2D eigenvalue weighted by atomic mass is 10.1. The van der Waals surface area contributed by atoms with Crippen molar-refractivity contribution in [1.82, 2.24) is 5.32 Å². The summed E-state index contributed by atoms with van der Waals surface area (Å²) in [6.45, 7) is 2.03. The summed E-state index contributed by atoms with van der Waals surface area (Å²) < 4.78 is 23.6. The van der Waals surface area contributed by atoms with Crippen LogP contribution < -0.4 is 5.32 Å². The second kappa shape index (κ2) is 5.19. The van der Waals surface area contributed by atoms with E-state index in [1.165, 1.54) is 5.56 Å². The van der Waals surface area contributed by atoms with Gasteiger partial charge in [-0.3, -0.25) is 0 Å². The lowest BCUT2D eigenvalue weighted by Crippen LogP contribution is -2.52.